The average Bonchev–Trinajstić information content (AvgIpc) is 3.15. The van der Waals surface area contributed by atoms with E-state index in [1.54, 1.807) is 25.1 Å². The third-order valence-corrected chi connectivity index (χ3v) is 7.42. The molecule has 0 fully saturated rings. The standard InChI is InChI=1S/C32H29NO6/c1-5-7-10-16(6-2)22-26(34)23-24(29(37)28(22)36)27(35)25(31(39)30(23)38)33-17-13-14-19-18-11-8-9-12-20(18)32(3,4)21(19)15-17/h5-15,33-39H,2H2,1,3-4H3/b7-5-,16-10+. The van der Waals surface area contributed by atoms with Gasteiger partial charge in [0.1, 0.15) is 11.4 Å². The monoisotopic (exact) mass is 523 g/mol. The summed E-state index contributed by atoms with van der Waals surface area (Å²) in [6.07, 6.45) is 6.23. The minimum atomic E-state index is -0.789. The fourth-order valence-corrected chi connectivity index (χ4v) is 5.42. The molecule has 0 aromatic heterocycles. The lowest BCUT2D eigenvalue weighted by molar-refractivity contribution is 0.389. The third-order valence-electron chi connectivity index (χ3n) is 7.42. The topological polar surface area (TPSA) is 133 Å². The molecule has 0 amide bonds. The molecule has 5 rings (SSSR count). The SMILES string of the molecule is C=C/C(=C\C=C/C)c1c(O)c(O)c2c(O)c(Nc3ccc4c(c3)C(C)(C)c3ccccc3-4)c(O)c(O)c2c1O. The summed E-state index contributed by atoms with van der Waals surface area (Å²) < 4.78 is 0. The van der Waals surface area contributed by atoms with Crippen molar-refractivity contribution in [3.8, 4) is 45.6 Å². The first-order valence-electron chi connectivity index (χ1n) is 12.4. The van der Waals surface area contributed by atoms with Crippen LogP contribution in [-0.2, 0) is 5.41 Å². The number of rotatable bonds is 5. The summed E-state index contributed by atoms with van der Waals surface area (Å²) in [5.74, 6) is -4.36. The van der Waals surface area contributed by atoms with Gasteiger partial charge in [0.15, 0.2) is 28.7 Å². The van der Waals surface area contributed by atoms with Gasteiger partial charge < -0.3 is 36.0 Å². The Morgan fingerprint density at radius 2 is 1.41 bits per heavy atom. The van der Waals surface area contributed by atoms with E-state index in [4.69, 9.17) is 0 Å². The smallest absolute Gasteiger partial charge is 0.186 e. The van der Waals surface area contributed by atoms with Gasteiger partial charge in [-0.2, -0.15) is 0 Å². The van der Waals surface area contributed by atoms with Crippen molar-refractivity contribution in [1.82, 2.24) is 0 Å². The van der Waals surface area contributed by atoms with Crippen molar-refractivity contribution in [3.05, 3.63) is 90.0 Å². The molecule has 1 aliphatic carbocycles. The maximum Gasteiger partial charge on any atom is 0.186 e. The van der Waals surface area contributed by atoms with E-state index in [1.165, 1.54) is 17.7 Å². The molecular formula is C32H29NO6. The predicted molar refractivity (Wildman–Crippen MR) is 154 cm³/mol. The van der Waals surface area contributed by atoms with Crippen molar-refractivity contribution in [2.24, 2.45) is 0 Å². The maximum atomic E-state index is 11.2. The highest BCUT2D eigenvalue weighted by Crippen LogP contribution is 2.58. The Bertz CT molecular complexity index is 1750. The van der Waals surface area contributed by atoms with Crippen LogP contribution >= 0.6 is 0 Å². The molecule has 0 saturated heterocycles. The van der Waals surface area contributed by atoms with Crippen LogP contribution in [0.1, 0.15) is 37.5 Å². The zero-order chi connectivity index (χ0) is 28.2. The fourth-order valence-electron chi connectivity index (χ4n) is 5.42. The minimum Gasteiger partial charge on any atom is -0.506 e. The van der Waals surface area contributed by atoms with Crippen LogP contribution in [-0.4, -0.2) is 30.6 Å². The van der Waals surface area contributed by atoms with Crippen molar-refractivity contribution in [2.45, 2.75) is 26.2 Å². The number of anilines is 2. The normalized spacial score (nSPS) is 14.0. The lowest BCUT2D eigenvalue weighted by atomic mass is 9.82. The van der Waals surface area contributed by atoms with Gasteiger partial charge in [0.25, 0.3) is 0 Å². The largest absolute Gasteiger partial charge is 0.506 e. The predicted octanol–water partition coefficient (Wildman–Crippen LogP) is 7.27. The zero-order valence-corrected chi connectivity index (χ0v) is 21.7. The van der Waals surface area contributed by atoms with Crippen LogP contribution in [0.5, 0.6) is 34.5 Å². The Balaban J connectivity index is 1.68. The Labute approximate surface area is 225 Å². The van der Waals surface area contributed by atoms with E-state index in [0.717, 1.165) is 16.7 Å². The third kappa shape index (κ3) is 3.66. The van der Waals surface area contributed by atoms with E-state index in [1.807, 2.05) is 24.3 Å². The Kier molecular flexibility index (Phi) is 5.95. The molecule has 7 heteroatoms. The van der Waals surface area contributed by atoms with E-state index in [2.05, 4.69) is 37.9 Å². The van der Waals surface area contributed by atoms with Crippen molar-refractivity contribution in [3.63, 3.8) is 0 Å². The number of hydrogen-bond donors (Lipinski definition) is 7. The van der Waals surface area contributed by atoms with Gasteiger partial charge in [-0.05, 0) is 46.9 Å². The molecular weight excluding hydrogens is 494 g/mol. The molecule has 4 aromatic rings. The summed E-state index contributed by atoms with van der Waals surface area (Å²) in [4.78, 5) is 0. The number of aromatic hydroxyl groups is 6. The van der Waals surface area contributed by atoms with E-state index in [0.29, 0.717) is 5.69 Å². The summed E-state index contributed by atoms with van der Waals surface area (Å²) in [7, 11) is 0. The van der Waals surface area contributed by atoms with Crippen LogP contribution in [0.4, 0.5) is 11.4 Å². The van der Waals surface area contributed by atoms with Gasteiger partial charge in [0.2, 0.25) is 0 Å². The van der Waals surface area contributed by atoms with Crippen LogP contribution in [0.3, 0.4) is 0 Å². The van der Waals surface area contributed by atoms with Gasteiger partial charge >= 0.3 is 0 Å². The second-order valence-corrected chi connectivity index (χ2v) is 10.00. The molecule has 0 atom stereocenters. The van der Waals surface area contributed by atoms with Crippen LogP contribution in [0.25, 0.3) is 27.5 Å². The lowest BCUT2D eigenvalue weighted by Gasteiger charge is -2.22. The molecule has 7 nitrogen and oxygen atoms in total. The van der Waals surface area contributed by atoms with E-state index in [-0.39, 0.29) is 22.2 Å². The van der Waals surface area contributed by atoms with Gasteiger partial charge in [0.05, 0.1) is 16.3 Å². The quantitative estimate of drug-likeness (QED) is 0.0831. The first-order valence-corrected chi connectivity index (χ1v) is 12.4. The number of phenols is 6. The molecule has 4 aromatic carbocycles. The summed E-state index contributed by atoms with van der Waals surface area (Å²) in [5, 5.41) is 67.8. The summed E-state index contributed by atoms with van der Waals surface area (Å²) in [6, 6.07) is 13.7. The van der Waals surface area contributed by atoms with Gasteiger partial charge in [-0.1, -0.05) is 75.1 Å². The van der Waals surface area contributed by atoms with E-state index >= 15 is 0 Å². The molecule has 0 radical (unpaired) electrons. The van der Waals surface area contributed by atoms with Crippen LogP contribution < -0.4 is 5.32 Å². The van der Waals surface area contributed by atoms with E-state index in [9.17, 15) is 30.6 Å². The van der Waals surface area contributed by atoms with Crippen LogP contribution in [0.15, 0.2) is 73.3 Å². The first kappa shape index (κ1) is 25.6. The fraction of sp³-hybridized carbons (Fsp3) is 0.125. The molecule has 0 heterocycles. The maximum absolute atomic E-state index is 11.2. The number of benzene rings is 4. The van der Waals surface area contributed by atoms with Crippen molar-refractivity contribution in [1.29, 1.82) is 0 Å². The lowest BCUT2D eigenvalue weighted by Crippen LogP contribution is -2.15. The number of phenolic OH excluding ortho intramolecular Hbond substituents is 6. The van der Waals surface area contributed by atoms with E-state index < -0.39 is 45.3 Å². The molecule has 0 spiro atoms. The molecule has 0 bridgehead atoms. The van der Waals surface area contributed by atoms with Gasteiger partial charge in [0, 0.05) is 11.1 Å². The first-order chi connectivity index (χ1) is 18.5. The van der Waals surface area contributed by atoms with Crippen molar-refractivity contribution >= 4 is 27.7 Å². The van der Waals surface area contributed by atoms with Gasteiger partial charge in [-0.15, -0.1) is 0 Å². The Morgan fingerprint density at radius 1 is 0.769 bits per heavy atom. The molecule has 39 heavy (non-hydrogen) atoms. The molecule has 1 aliphatic rings. The van der Waals surface area contributed by atoms with Gasteiger partial charge in [-0.3, -0.25) is 0 Å². The molecule has 7 N–H and O–H groups in total. The number of nitrogens with one attached hydrogen (secondary N) is 1. The Hall–Kier alpha value is -5.04. The Morgan fingerprint density at radius 3 is 2.10 bits per heavy atom. The number of hydrogen-bond acceptors (Lipinski definition) is 7. The minimum absolute atomic E-state index is 0.219. The highest BCUT2D eigenvalue weighted by atomic mass is 16.3. The second-order valence-electron chi connectivity index (χ2n) is 10.00. The molecule has 0 aliphatic heterocycles. The van der Waals surface area contributed by atoms with Crippen molar-refractivity contribution < 1.29 is 30.6 Å². The molecule has 0 unspecified atom stereocenters. The summed E-state index contributed by atoms with van der Waals surface area (Å²) >= 11 is 0. The highest BCUT2D eigenvalue weighted by Gasteiger charge is 2.35. The molecule has 0 saturated carbocycles. The van der Waals surface area contributed by atoms with Gasteiger partial charge in [-0.25, -0.2) is 0 Å². The van der Waals surface area contributed by atoms with Crippen LogP contribution in [0, 0.1) is 0 Å². The second kappa shape index (κ2) is 9.06. The van der Waals surface area contributed by atoms with Crippen LogP contribution in [0.2, 0.25) is 0 Å². The van der Waals surface area contributed by atoms with Crippen molar-refractivity contribution in [2.75, 3.05) is 5.32 Å². The average molecular weight is 524 g/mol. The summed E-state index contributed by atoms with van der Waals surface area (Å²) in [5.41, 5.74) is 4.34. The highest BCUT2D eigenvalue weighted by molar-refractivity contribution is 6.12. The number of allylic oxidation sites excluding steroid dienone is 5. The number of fused-ring (bicyclic) bond motifs is 4. The zero-order valence-electron chi connectivity index (χ0n) is 21.7. The molecule has 198 valence electrons. The summed E-state index contributed by atoms with van der Waals surface area (Å²) in [6.45, 7) is 9.67.